The fourth-order valence-corrected chi connectivity index (χ4v) is 1.19. The summed E-state index contributed by atoms with van der Waals surface area (Å²) in [6.45, 7) is 1.48. The number of carboxylic acid groups (broad SMARTS) is 1. The van der Waals surface area contributed by atoms with Crippen molar-refractivity contribution in [3.8, 4) is 0 Å². The molecule has 0 saturated heterocycles. The van der Waals surface area contributed by atoms with Crippen LogP contribution in [0.4, 0.5) is 5.69 Å². The van der Waals surface area contributed by atoms with Crippen molar-refractivity contribution < 1.29 is 14.7 Å². The molecule has 1 N–H and O–H groups in total. The Morgan fingerprint density at radius 3 is 2.20 bits per heavy atom. The lowest BCUT2D eigenvalue weighted by molar-refractivity contribution is -0.136. The molecule has 0 atom stereocenters. The average molecular weight is 207 g/mol. The Hall–Kier alpha value is -1.84. The van der Waals surface area contributed by atoms with Gasteiger partial charge in [0.2, 0.25) is 5.91 Å². The van der Waals surface area contributed by atoms with E-state index >= 15 is 0 Å². The Kier molecular flexibility index (Phi) is 3.44. The molecule has 1 aromatic carbocycles. The third-order valence-corrected chi connectivity index (χ3v) is 2.15. The number of hydrogen-bond acceptors (Lipinski definition) is 2. The van der Waals surface area contributed by atoms with Crippen molar-refractivity contribution in [3.63, 3.8) is 0 Å². The van der Waals surface area contributed by atoms with Gasteiger partial charge in [-0.3, -0.25) is 9.59 Å². The summed E-state index contributed by atoms with van der Waals surface area (Å²) in [5, 5.41) is 8.57. The maximum absolute atomic E-state index is 11.0. The van der Waals surface area contributed by atoms with Crippen molar-refractivity contribution in [3.05, 3.63) is 29.8 Å². The molecule has 4 heteroatoms. The zero-order valence-corrected chi connectivity index (χ0v) is 8.73. The molecule has 1 amide bonds. The molecule has 0 fully saturated rings. The lowest BCUT2D eigenvalue weighted by Gasteiger charge is -2.14. The van der Waals surface area contributed by atoms with Gasteiger partial charge in [0.25, 0.3) is 0 Å². The summed E-state index contributed by atoms with van der Waals surface area (Å²) in [5.41, 5.74) is 1.49. The van der Waals surface area contributed by atoms with Gasteiger partial charge >= 0.3 is 5.97 Å². The van der Waals surface area contributed by atoms with Crippen LogP contribution in [0.1, 0.15) is 12.5 Å². The molecule has 0 heterocycles. The first-order valence-corrected chi connectivity index (χ1v) is 4.55. The maximum atomic E-state index is 11.0. The highest BCUT2D eigenvalue weighted by Gasteiger charge is 2.05. The van der Waals surface area contributed by atoms with E-state index in [1.807, 2.05) is 0 Å². The number of carboxylic acids is 1. The van der Waals surface area contributed by atoms with Crippen LogP contribution in [0.3, 0.4) is 0 Å². The molecule has 80 valence electrons. The van der Waals surface area contributed by atoms with E-state index in [1.54, 1.807) is 31.3 Å². The summed E-state index contributed by atoms with van der Waals surface area (Å²) in [5.74, 6) is -0.913. The van der Waals surface area contributed by atoms with Crippen LogP contribution >= 0.6 is 0 Å². The van der Waals surface area contributed by atoms with Gasteiger partial charge in [-0.2, -0.15) is 0 Å². The Morgan fingerprint density at radius 2 is 1.80 bits per heavy atom. The number of benzene rings is 1. The molecule has 4 nitrogen and oxygen atoms in total. The van der Waals surface area contributed by atoms with Crippen LogP contribution in [0.2, 0.25) is 0 Å². The maximum Gasteiger partial charge on any atom is 0.307 e. The number of hydrogen-bond donors (Lipinski definition) is 1. The van der Waals surface area contributed by atoms with E-state index in [9.17, 15) is 9.59 Å². The van der Waals surface area contributed by atoms with Crippen LogP contribution < -0.4 is 4.90 Å². The summed E-state index contributed by atoms with van der Waals surface area (Å²) < 4.78 is 0. The lowest BCUT2D eigenvalue weighted by Crippen LogP contribution is -2.22. The van der Waals surface area contributed by atoms with E-state index in [1.165, 1.54) is 11.8 Å². The number of rotatable bonds is 3. The second-order valence-electron chi connectivity index (χ2n) is 3.31. The normalized spacial score (nSPS) is 9.73. The zero-order chi connectivity index (χ0) is 11.4. The Balaban J connectivity index is 2.80. The number of nitrogens with zero attached hydrogens (tertiary/aromatic N) is 1. The van der Waals surface area contributed by atoms with Crippen molar-refractivity contribution >= 4 is 17.6 Å². The van der Waals surface area contributed by atoms with E-state index in [0.717, 1.165) is 11.3 Å². The third-order valence-electron chi connectivity index (χ3n) is 2.15. The lowest BCUT2D eigenvalue weighted by atomic mass is 10.1. The van der Waals surface area contributed by atoms with Gasteiger partial charge in [-0.05, 0) is 17.7 Å². The minimum Gasteiger partial charge on any atom is -0.481 e. The Labute approximate surface area is 88.1 Å². The minimum absolute atomic E-state index is 0.00403. The Morgan fingerprint density at radius 1 is 1.27 bits per heavy atom. The predicted octanol–water partition coefficient (Wildman–Crippen LogP) is 1.30. The molecule has 1 rings (SSSR count). The highest BCUT2D eigenvalue weighted by molar-refractivity contribution is 5.90. The first-order valence-electron chi connectivity index (χ1n) is 4.55. The van der Waals surface area contributed by atoms with E-state index in [-0.39, 0.29) is 12.3 Å². The number of amides is 1. The van der Waals surface area contributed by atoms with Gasteiger partial charge < -0.3 is 10.0 Å². The second-order valence-corrected chi connectivity index (χ2v) is 3.31. The van der Waals surface area contributed by atoms with Gasteiger partial charge in [0.1, 0.15) is 0 Å². The molecule has 1 aromatic rings. The van der Waals surface area contributed by atoms with Crippen molar-refractivity contribution in [2.24, 2.45) is 0 Å². The molecule has 0 bridgehead atoms. The van der Waals surface area contributed by atoms with Gasteiger partial charge in [-0.15, -0.1) is 0 Å². The van der Waals surface area contributed by atoms with Crippen LogP contribution in [0.15, 0.2) is 24.3 Å². The van der Waals surface area contributed by atoms with Crippen LogP contribution in [0.25, 0.3) is 0 Å². The Bertz CT molecular complexity index is 370. The topological polar surface area (TPSA) is 57.6 Å². The number of carbonyl (C=O) groups is 2. The van der Waals surface area contributed by atoms with Crippen molar-refractivity contribution in [2.45, 2.75) is 13.3 Å². The molecular weight excluding hydrogens is 194 g/mol. The smallest absolute Gasteiger partial charge is 0.307 e. The van der Waals surface area contributed by atoms with Gasteiger partial charge in [-0.25, -0.2) is 0 Å². The molecule has 0 aliphatic rings. The number of carbonyl (C=O) groups excluding carboxylic acids is 1. The predicted molar refractivity (Wildman–Crippen MR) is 56.9 cm³/mol. The van der Waals surface area contributed by atoms with Gasteiger partial charge in [-0.1, -0.05) is 12.1 Å². The monoisotopic (exact) mass is 207 g/mol. The first kappa shape index (κ1) is 11.2. The van der Waals surface area contributed by atoms with Crippen LogP contribution in [0.5, 0.6) is 0 Å². The fourth-order valence-electron chi connectivity index (χ4n) is 1.19. The minimum atomic E-state index is -0.859. The third kappa shape index (κ3) is 3.09. The highest BCUT2D eigenvalue weighted by Crippen LogP contribution is 2.14. The van der Waals surface area contributed by atoms with Crippen molar-refractivity contribution in [1.82, 2.24) is 0 Å². The first-order chi connectivity index (χ1) is 7.00. The van der Waals surface area contributed by atoms with Gasteiger partial charge in [0.05, 0.1) is 6.42 Å². The van der Waals surface area contributed by atoms with Crippen molar-refractivity contribution in [2.75, 3.05) is 11.9 Å². The average Bonchev–Trinajstić information content (AvgIpc) is 2.17. The molecule has 0 unspecified atom stereocenters. The van der Waals surface area contributed by atoms with E-state index in [0.29, 0.717) is 0 Å². The standard InChI is InChI=1S/C11H13NO3/c1-8(13)12(2)10-5-3-9(4-6-10)7-11(14)15/h3-6H,7H2,1-2H3,(H,14,15). The fraction of sp³-hybridized carbons (Fsp3) is 0.273. The van der Waals surface area contributed by atoms with E-state index < -0.39 is 5.97 Å². The molecule has 0 spiro atoms. The second kappa shape index (κ2) is 4.59. The molecule has 0 radical (unpaired) electrons. The van der Waals surface area contributed by atoms with Crippen LogP contribution in [-0.2, 0) is 16.0 Å². The molecular formula is C11H13NO3. The van der Waals surface area contributed by atoms with Crippen molar-refractivity contribution in [1.29, 1.82) is 0 Å². The number of aliphatic carboxylic acids is 1. The molecule has 0 aliphatic carbocycles. The summed E-state index contributed by atoms with van der Waals surface area (Å²) in [6.07, 6.45) is 0.00403. The van der Waals surface area contributed by atoms with E-state index in [4.69, 9.17) is 5.11 Å². The summed E-state index contributed by atoms with van der Waals surface area (Å²) in [7, 11) is 1.68. The zero-order valence-electron chi connectivity index (χ0n) is 8.73. The quantitative estimate of drug-likeness (QED) is 0.812. The van der Waals surface area contributed by atoms with Gasteiger partial charge in [0.15, 0.2) is 0 Å². The SMILES string of the molecule is CC(=O)N(C)c1ccc(CC(=O)O)cc1. The highest BCUT2D eigenvalue weighted by atomic mass is 16.4. The van der Waals surface area contributed by atoms with Crippen LogP contribution in [-0.4, -0.2) is 24.0 Å². The van der Waals surface area contributed by atoms with Gasteiger partial charge in [0, 0.05) is 19.7 Å². The van der Waals surface area contributed by atoms with Crippen LogP contribution in [0, 0.1) is 0 Å². The summed E-state index contributed by atoms with van der Waals surface area (Å²) in [6, 6.07) is 6.89. The molecule has 0 aromatic heterocycles. The number of anilines is 1. The largest absolute Gasteiger partial charge is 0.481 e. The summed E-state index contributed by atoms with van der Waals surface area (Å²) >= 11 is 0. The molecule has 15 heavy (non-hydrogen) atoms. The molecule has 0 aliphatic heterocycles. The molecule has 0 saturated carbocycles. The van der Waals surface area contributed by atoms with E-state index in [2.05, 4.69) is 0 Å². The summed E-state index contributed by atoms with van der Waals surface area (Å²) in [4.78, 5) is 23.0.